The van der Waals surface area contributed by atoms with Crippen molar-refractivity contribution in [3.05, 3.63) is 34.2 Å². The summed E-state index contributed by atoms with van der Waals surface area (Å²) in [6, 6.07) is 5.85. The Kier molecular flexibility index (Phi) is 13.2. The summed E-state index contributed by atoms with van der Waals surface area (Å²) in [7, 11) is 0. The van der Waals surface area contributed by atoms with Gasteiger partial charge in [-0.15, -0.1) is 0 Å². The average Bonchev–Trinajstić information content (AvgIpc) is 3.17. The first-order chi connectivity index (χ1) is 17.5. The summed E-state index contributed by atoms with van der Waals surface area (Å²) in [4.78, 5) is 52.1. The molecule has 10 heteroatoms. The molecule has 37 heavy (non-hydrogen) atoms. The highest BCUT2D eigenvalue weighted by Gasteiger charge is 2.27. The van der Waals surface area contributed by atoms with E-state index in [1.165, 1.54) is 0 Å². The molecule has 1 aromatic carbocycles. The Morgan fingerprint density at radius 2 is 1.70 bits per heavy atom. The van der Waals surface area contributed by atoms with Crippen LogP contribution in [-0.2, 0) is 14.3 Å². The Morgan fingerprint density at radius 1 is 1.08 bits per heavy atom. The van der Waals surface area contributed by atoms with Gasteiger partial charge in [-0.2, -0.15) is 0 Å². The zero-order valence-corrected chi connectivity index (χ0v) is 24.2. The number of nitrogens with one attached hydrogen (secondary N) is 2. The molecule has 2 fully saturated rings. The molecule has 2 aliphatic rings. The molecule has 0 aliphatic carbocycles. The highest BCUT2D eigenvalue weighted by Crippen LogP contribution is 2.32. The van der Waals surface area contributed by atoms with Crippen LogP contribution in [0.25, 0.3) is 6.08 Å². The third-order valence-corrected chi connectivity index (χ3v) is 5.96. The van der Waals surface area contributed by atoms with Crippen molar-refractivity contribution in [3.8, 4) is 0 Å². The molecule has 0 spiro atoms. The number of rotatable bonds is 5. The maximum atomic E-state index is 12.6. The van der Waals surface area contributed by atoms with E-state index in [0.29, 0.717) is 31.1 Å². The van der Waals surface area contributed by atoms with E-state index in [1.807, 2.05) is 52.8 Å². The van der Waals surface area contributed by atoms with Crippen LogP contribution in [0.15, 0.2) is 23.1 Å². The lowest BCUT2D eigenvalue weighted by atomic mass is 10.0. The number of alkyl carbamates (subject to hydrolysis) is 1. The van der Waals surface area contributed by atoms with Crippen LogP contribution >= 0.6 is 11.8 Å². The second kappa shape index (κ2) is 15.3. The van der Waals surface area contributed by atoms with E-state index in [4.69, 9.17) is 4.74 Å². The van der Waals surface area contributed by atoms with E-state index in [0.717, 1.165) is 28.6 Å². The smallest absolute Gasteiger partial charge is 0.407 e. The minimum atomic E-state index is -0.579. The number of imide groups is 1. The quantitative estimate of drug-likeness (QED) is 0.516. The van der Waals surface area contributed by atoms with Crippen molar-refractivity contribution in [2.75, 3.05) is 37.6 Å². The fourth-order valence-corrected chi connectivity index (χ4v) is 4.39. The molecule has 0 atom stereocenters. The maximum Gasteiger partial charge on any atom is 0.407 e. The van der Waals surface area contributed by atoms with Crippen LogP contribution < -0.4 is 15.5 Å². The van der Waals surface area contributed by atoms with Gasteiger partial charge in [0.1, 0.15) is 5.60 Å². The molecule has 2 N–H and O–H groups in total. The number of piperazine rings is 1. The van der Waals surface area contributed by atoms with E-state index in [1.54, 1.807) is 31.7 Å². The predicted octanol–water partition coefficient (Wildman–Crippen LogP) is 4.93. The van der Waals surface area contributed by atoms with Crippen molar-refractivity contribution in [2.45, 2.75) is 67.4 Å². The van der Waals surface area contributed by atoms with Crippen molar-refractivity contribution < 1.29 is 23.9 Å². The first kappa shape index (κ1) is 32.0. The van der Waals surface area contributed by atoms with Gasteiger partial charge in [-0.3, -0.25) is 19.7 Å². The van der Waals surface area contributed by atoms with Gasteiger partial charge in [0.15, 0.2) is 0 Å². The molecule has 0 bridgehead atoms. The van der Waals surface area contributed by atoms with Gasteiger partial charge in [-0.05, 0) is 56.7 Å². The Morgan fingerprint density at radius 3 is 2.24 bits per heavy atom. The number of benzene rings is 1. The van der Waals surface area contributed by atoms with Crippen molar-refractivity contribution in [3.63, 3.8) is 0 Å². The van der Waals surface area contributed by atoms with Gasteiger partial charge >= 0.3 is 6.09 Å². The van der Waals surface area contributed by atoms with Crippen molar-refractivity contribution in [1.29, 1.82) is 0 Å². The van der Waals surface area contributed by atoms with Gasteiger partial charge < -0.3 is 19.9 Å². The summed E-state index contributed by atoms with van der Waals surface area (Å²) in [5, 5.41) is 4.53. The molecule has 0 saturated carbocycles. The summed E-state index contributed by atoms with van der Waals surface area (Å²) in [6.07, 6.45) is 1.42. The molecule has 9 nitrogen and oxygen atoms in total. The zero-order chi connectivity index (χ0) is 28.2. The lowest BCUT2D eigenvalue weighted by Crippen LogP contribution is -2.49. The van der Waals surface area contributed by atoms with Crippen LogP contribution in [0, 0.1) is 6.92 Å². The molecule has 2 saturated heterocycles. The Bertz CT molecular complexity index is 979. The number of thioether (sulfide) groups is 1. The van der Waals surface area contributed by atoms with Gasteiger partial charge in [0.05, 0.1) is 4.91 Å². The molecule has 2 aliphatic heterocycles. The minimum Gasteiger partial charge on any atom is -0.444 e. The largest absolute Gasteiger partial charge is 0.444 e. The second-order valence-corrected chi connectivity index (χ2v) is 9.93. The van der Waals surface area contributed by atoms with Crippen molar-refractivity contribution >= 4 is 46.7 Å². The Balaban J connectivity index is 0.00000163. The van der Waals surface area contributed by atoms with Crippen molar-refractivity contribution in [1.82, 2.24) is 15.5 Å². The third-order valence-electron chi connectivity index (χ3n) is 5.15. The first-order valence-electron chi connectivity index (χ1n) is 12.9. The van der Waals surface area contributed by atoms with Crippen LogP contribution in [0.1, 0.15) is 66.0 Å². The first-order valence-corrected chi connectivity index (χ1v) is 13.7. The normalized spacial score (nSPS) is 16.3. The number of ether oxygens (including phenoxy) is 1. The molecule has 0 aromatic heterocycles. The molecule has 0 unspecified atom stereocenters. The number of carbonyl (C=O) groups is 4. The number of nitrogens with zero attached hydrogens (tertiary/aromatic N) is 2. The molecule has 2 heterocycles. The van der Waals surface area contributed by atoms with Crippen molar-refractivity contribution in [2.24, 2.45) is 0 Å². The van der Waals surface area contributed by atoms with Gasteiger partial charge in [-0.1, -0.05) is 45.9 Å². The summed E-state index contributed by atoms with van der Waals surface area (Å²) in [5.41, 5.74) is 2.34. The Labute approximate surface area is 225 Å². The van der Waals surface area contributed by atoms with Gasteiger partial charge in [0.25, 0.3) is 11.1 Å². The molecule has 0 radical (unpaired) electrons. The number of amides is 4. The lowest BCUT2D eigenvalue weighted by Gasteiger charge is -2.37. The molecule has 3 rings (SSSR count). The standard InChI is InChI=1S/C23H30N4O5S.2C2H6/c1-15-6-5-7-16(14-17-20(29)25-22(31)33-17)19(15)27-12-10-26(11-13-27)18(28)8-9-24-21(30)32-23(2,3)4;2*1-2/h5-7,14H,8-13H2,1-4H3,(H,24,30)(H,25,29,31);2*1-2H3/b17-14-;;. The van der Waals surface area contributed by atoms with E-state index >= 15 is 0 Å². The van der Waals surface area contributed by atoms with E-state index in [9.17, 15) is 19.2 Å². The average molecular weight is 535 g/mol. The van der Waals surface area contributed by atoms with Crippen LogP contribution in [-0.4, -0.2) is 66.4 Å². The van der Waals surface area contributed by atoms with E-state index in [2.05, 4.69) is 15.5 Å². The van der Waals surface area contributed by atoms with E-state index < -0.39 is 11.7 Å². The highest BCUT2D eigenvalue weighted by atomic mass is 32.2. The summed E-state index contributed by atoms with van der Waals surface area (Å²) in [6.45, 7) is 18.0. The number of anilines is 1. The molecule has 4 amide bonds. The summed E-state index contributed by atoms with van der Waals surface area (Å²) in [5.74, 6) is -0.400. The molecular formula is C27H42N4O5S. The number of aryl methyl sites for hydroxylation is 1. The third kappa shape index (κ3) is 10.1. The molecular weight excluding hydrogens is 492 g/mol. The van der Waals surface area contributed by atoms with Crippen LogP contribution in [0.2, 0.25) is 0 Å². The van der Waals surface area contributed by atoms with E-state index in [-0.39, 0.29) is 30.0 Å². The molecule has 1 aromatic rings. The SMILES string of the molecule is CC.CC.Cc1cccc(/C=C2\SC(=O)NC2=O)c1N1CCN(C(=O)CCNC(=O)OC(C)(C)C)CC1. The summed E-state index contributed by atoms with van der Waals surface area (Å²) >= 11 is 0.898. The van der Waals surface area contributed by atoms with Crippen LogP contribution in [0.3, 0.4) is 0 Å². The second-order valence-electron chi connectivity index (χ2n) is 8.91. The van der Waals surface area contributed by atoms with Gasteiger partial charge in [-0.25, -0.2) is 4.79 Å². The lowest BCUT2D eigenvalue weighted by molar-refractivity contribution is -0.131. The topological polar surface area (TPSA) is 108 Å². The Hall–Kier alpha value is -3.01. The predicted molar refractivity (Wildman–Crippen MR) is 151 cm³/mol. The van der Waals surface area contributed by atoms with Gasteiger partial charge in [0, 0.05) is 44.8 Å². The number of carbonyl (C=O) groups excluding carboxylic acids is 4. The fourth-order valence-electron chi connectivity index (χ4n) is 3.72. The van der Waals surface area contributed by atoms with Gasteiger partial charge in [0.2, 0.25) is 5.91 Å². The van der Waals surface area contributed by atoms with Crippen LogP contribution in [0.4, 0.5) is 15.3 Å². The summed E-state index contributed by atoms with van der Waals surface area (Å²) < 4.78 is 5.18. The minimum absolute atomic E-state index is 0.0182. The highest BCUT2D eigenvalue weighted by molar-refractivity contribution is 8.18. The number of hydrogen-bond acceptors (Lipinski definition) is 7. The number of para-hydroxylation sites is 1. The zero-order valence-electron chi connectivity index (χ0n) is 23.4. The number of hydrogen-bond donors (Lipinski definition) is 2. The monoisotopic (exact) mass is 534 g/mol. The maximum absolute atomic E-state index is 12.6. The van der Waals surface area contributed by atoms with Crippen LogP contribution in [0.5, 0.6) is 0 Å². The molecule has 206 valence electrons. The fraction of sp³-hybridized carbons (Fsp3) is 0.556.